The summed E-state index contributed by atoms with van der Waals surface area (Å²) < 4.78 is 13.1. The van der Waals surface area contributed by atoms with Crippen LogP contribution in [0.3, 0.4) is 0 Å². The monoisotopic (exact) mass is 373 g/mol. The van der Waals surface area contributed by atoms with Crippen molar-refractivity contribution in [1.29, 1.82) is 0 Å². The largest absolute Gasteiger partial charge is 0.481 e. The summed E-state index contributed by atoms with van der Waals surface area (Å²) in [5.41, 5.74) is 1.78. The van der Waals surface area contributed by atoms with E-state index >= 15 is 0 Å². The normalized spacial score (nSPS) is 21.0. The van der Waals surface area contributed by atoms with E-state index in [0.29, 0.717) is 18.0 Å². The Balaban J connectivity index is 1.47. The number of nitrogens with zero attached hydrogens (tertiary/aromatic N) is 1. The number of likely N-dealkylation sites (tertiary alicyclic amines) is 1. The summed E-state index contributed by atoms with van der Waals surface area (Å²) in [6, 6.07) is 8.18. The zero-order valence-electron chi connectivity index (χ0n) is 14.5. The zero-order chi connectivity index (χ0) is 18.5. The quantitative estimate of drug-likeness (QED) is 0.878. The molecule has 0 bridgehead atoms. The van der Waals surface area contributed by atoms with Gasteiger partial charge in [-0.05, 0) is 60.9 Å². The average Bonchev–Trinajstić information content (AvgIpc) is 3.19. The van der Waals surface area contributed by atoms with Crippen LogP contribution in [0.1, 0.15) is 33.8 Å². The standard InChI is InChI=1S/C20H20FNO3S/c1-12-15(13-2-4-14(21)5-3-13)10-17(26-12)18(23)22-8-6-20(7-9-22)11-16(20)19(24)25/h2-5,10,16H,6-9,11H2,1H3,(H,24,25). The molecule has 4 rings (SSSR count). The number of carbonyl (C=O) groups is 2. The number of aliphatic carboxylic acids is 1. The van der Waals surface area contributed by atoms with E-state index in [9.17, 15) is 19.1 Å². The second-order valence-corrected chi connectivity index (χ2v) is 8.59. The number of hydrogen-bond acceptors (Lipinski definition) is 3. The Morgan fingerprint density at radius 3 is 2.46 bits per heavy atom. The molecule has 4 nitrogen and oxygen atoms in total. The third-order valence-corrected chi connectivity index (χ3v) is 6.86. The number of thiophene rings is 1. The molecule has 1 spiro atoms. The van der Waals surface area contributed by atoms with Crippen LogP contribution in [-0.2, 0) is 4.79 Å². The number of benzene rings is 1. The summed E-state index contributed by atoms with van der Waals surface area (Å²) in [6.07, 6.45) is 2.28. The van der Waals surface area contributed by atoms with Gasteiger partial charge in [-0.15, -0.1) is 11.3 Å². The van der Waals surface area contributed by atoms with E-state index in [-0.39, 0.29) is 23.1 Å². The summed E-state index contributed by atoms with van der Waals surface area (Å²) in [5.74, 6) is -1.20. The minimum atomic E-state index is -0.706. The van der Waals surface area contributed by atoms with Crippen molar-refractivity contribution in [2.24, 2.45) is 11.3 Å². The van der Waals surface area contributed by atoms with E-state index in [2.05, 4.69) is 0 Å². The van der Waals surface area contributed by atoms with Crippen molar-refractivity contribution in [3.05, 3.63) is 45.9 Å². The number of carboxylic acids is 1. The Morgan fingerprint density at radius 2 is 1.88 bits per heavy atom. The van der Waals surface area contributed by atoms with E-state index in [0.717, 1.165) is 35.3 Å². The van der Waals surface area contributed by atoms with Gasteiger partial charge in [0.2, 0.25) is 0 Å². The molecule has 1 atom stereocenters. The second kappa shape index (κ2) is 6.20. The van der Waals surface area contributed by atoms with Crippen LogP contribution in [0.15, 0.2) is 30.3 Å². The Bertz CT molecular complexity index is 866. The zero-order valence-corrected chi connectivity index (χ0v) is 15.3. The molecular formula is C20H20FNO3S. The van der Waals surface area contributed by atoms with Crippen LogP contribution in [0.25, 0.3) is 11.1 Å². The summed E-state index contributed by atoms with van der Waals surface area (Å²) in [7, 11) is 0. The first-order valence-electron chi connectivity index (χ1n) is 8.78. The highest BCUT2D eigenvalue weighted by Gasteiger charge is 2.59. The fourth-order valence-corrected chi connectivity index (χ4v) is 5.07. The van der Waals surface area contributed by atoms with E-state index in [1.54, 1.807) is 12.1 Å². The molecule has 26 heavy (non-hydrogen) atoms. The molecule has 1 aliphatic carbocycles. The van der Waals surface area contributed by atoms with Gasteiger partial charge in [0, 0.05) is 18.0 Å². The number of halogens is 1. The van der Waals surface area contributed by atoms with Crippen LogP contribution >= 0.6 is 11.3 Å². The van der Waals surface area contributed by atoms with Gasteiger partial charge in [-0.25, -0.2) is 4.39 Å². The maximum atomic E-state index is 13.1. The Morgan fingerprint density at radius 1 is 1.23 bits per heavy atom. The SMILES string of the molecule is Cc1sc(C(=O)N2CCC3(CC2)CC3C(=O)O)cc1-c1ccc(F)cc1. The van der Waals surface area contributed by atoms with E-state index in [1.165, 1.54) is 23.5 Å². The molecule has 1 saturated heterocycles. The molecule has 1 N–H and O–H groups in total. The van der Waals surface area contributed by atoms with Gasteiger partial charge in [-0.2, -0.15) is 0 Å². The average molecular weight is 373 g/mol. The third-order valence-electron chi connectivity index (χ3n) is 5.82. The van der Waals surface area contributed by atoms with Gasteiger partial charge in [0.15, 0.2) is 0 Å². The highest BCUT2D eigenvalue weighted by Crippen LogP contribution is 2.59. The molecular weight excluding hydrogens is 353 g/mol. The molecule has 1 amide bonds. The molecule has 2 fully saturated rings. The molecule has 1 unspecified atom stereocenters. The van der Waals surface area contributed by atoms with Crippen molar-refractivity contribution in [3.63, 3.8) is 0 Å². The van der Waals surface area contributed by atoms with Crippen LogP contribution in [0, 0.1) is 24.1 Å². The molecule has 1 aromatic carbocycles. The van der Waals surface area contributed by atoms with Gasteiger partial charge >= 0.3 is 5.97 Å². The van der Waals surface area contributed by atoms with Gasteiger partial charge in [0.05, 0.1) is 10.8 Å². The molecule has 6 heteroatoms. The van der Waals surface area contributed by atoms with Gasteiger partial charge in [-0.3, -0.25) is 9.59 Å². The van der Waals surface area contributed by atoms with Crippen molar-refractivity contribution >= 4 is 23.2 Å². The fraction of sp³-hybridized carbons (Fsp3) is 0.400. The van der Waals surface area contributed by atoms with Crippen LogP contribution in [0.5, 0.6) is 0 Å². The van der Waals surface area contributed by atoms with Crippen LogP contribution < -0.4 is 0 Å². The molecule has 1 aliphatic heterocycles. The van der Waals surface area contributed by atoms with E-state index in [4.69, 9.17) is 0 Å². The smallest absolute Gasteiger partial charge is 0.307 e. The minimum absolute atomic E-state index is 0.00818. The second-order valence-electron chi connectivity index (χ2n) is 7.34. The number of rotatable bonds is 3. The highest BCUT2D eigenvalue weighted by atomic mass is 32.1. The van der Waals surface area contributed by atoms with E-state index in [1.807, 2.05) is 17.9 Å². The number of hydrogen-bond donors (Lipinski definition) is 1. The van der Waals surface area contributed by atoms with Gasteiger partial charge < -0.3 is 10.0 Å². The lowest BCUT2D eigenvalue weighted by molar-refractivity contribution is -0.139. The molecule has 2 heterocycles. The molecule has 136 valence electrons. The fourth-order valence-electron chi connectivity index (χ4n) is 4.06. The molecule has 0 radical (unpaired) electrons. The first-order valence-corrected chi connectivity index (χ1v) is 9.60. The lowest BCUT2D eigenvalue weighted by Gasteiger charge is -2.32. The van der Waals surface area contributed by atoms with E-state index < -0.39 is 5.97 Å². The van der Waals surface area contributed by atoms with Crippen LogP contribution in [-0.4, -0.2) is 35.0 Å². The summed E-state index contributed by atoms with van der Waals surface area (Å²) in [6.45, 7) is 3.20. The number of carbonyl (C=O) groups excluding carboxylic acids is 1. The minimum Gasteiger partial charge on any atom is -0.481 e. The highest BCUT2D eigenvalue weighted by molar-refractivity contribution is 7.14. The third kappa shape index (κ3) is 2.92. The van der Waals surface area contributed by atoms with Crippen molar-refractivity contribution in [2.45, 2.75) is 26.2 Å². The maximum absolute atomic E-state index is 13.1. The predicted molar refractivity (Wildman–Crippen MR) is 97.8 cm³/mol. The predicted octanol–water partition coefficient (Wildman–Crippen LogP) is 4.19. The molecule has 2 aliphatic rings. The first-order chi connectivity index (χ1) is 12.4. The summed E-state index contributed by atoms with van der Waals surface area (Å²) >= 11 is 1.46. The number of aryl methyl sites for hydroxylation is 1. The van der Waals surface area contributed by atoms with Crippen LogP contribution in [0.2, 0.25) is 0 Å². The number of piperidine rings is 1. The topological polar surface area (TPSA) is 57.6 Å². The van der Waals surface area contributed by atoms with Gasteiger partial charge in [-0.1, -0.05) is 12.1 Å². The molecule has 2 aromatic rings. The molecule has 1 saturated carbocycles. The number of amides is 1. The Kier molecular flexibility index (Phi) is 4.10. The summed E-state index contributed by atoms with van der Waals surface area (Å²) in [5, 5.41) is 9.18. The lowest BCUT2D eigenvalue weighted by Crippen LogP contribution is -2.39. The Labute approximate surface area is 155 Å². The van der Waals surface area contributed by atoms with Crippen molar-refractivity contribution < 1.29 is 19.1 Å². The van der Waals surface area contributed by atoms with Crippen molar-refractivity contribution in [3.8, 4) is 11.1 Å². The van der Waals surface area contributed by atoms with Crippen molar-refractivity contribution in [2.75, 3.05) is 13.1 Å². The van der Waals surface area contributed by atoms with Crippen molar-refractivity contribution in [1.82, 2.24) is 4.90 Å². The molecule has 1 aromatic heterocycles. The number of carboxylic acid groups (broad SMARTS) is 1. The first kappa shape index (κ1) is 17.2. The Hall–Kier alpha value is -2.21. The maximum Gasteiger partial charge on any atom is 0.307 e. The lowest BCUT2D eigenvalue weighted by atomic mass is 9.90. The summed E-state index contributed by atoms with van der Waals surface area (Å²) in [4.78, 5) is 27.6. The van der Waals surface area contributed by atoms with Gasteiger partial charge in [0.25, 0.3) is 5.91 Å². The van der Waals surface area contributed by atoms with Gasteiger partial charge in [0.1, 0.15) is 5.82 Å². The van der Waals surface area contributed by atoms with Crippen LogP contribution in [0.4, 0.5) is 4.39 Å².